The Labute approximate surface area is 185 Å². The zero-order valence-corrected chi connectivity index (χ0v) is 17.7. The van der Waals surface area contributed by atoms with Gasteiger partial charge in [-0.2, -0.15) is 0 Å². The standard InChI is InChI=1S/C24H24N2O6/c1-15(16-6-3-2-4-7-16)25-21(27)14-32-24(30)17-9-10-19-20(12-17)23(29)26(22(19)28)13-18-8-5-11-31-18/h2-4,6-7,9-10,12,15,18H,5,8,11,13-14H2,1H3,(H,25,27)/t15-,18-/m0/s1. The SMILES string of the molecule is C[C@H](NC(=O)COC(=O)c1ccc2c(c1)C(=O)N(C[C@@H]1CCCO1)C2=O)c1ccccc1. The summed E-state index contributed by atoms with van der Waals surface area (Å²) in [6.45, 7) is 2.21. The molecule has 0 aliphatic carbocycles. The Morgan fingerprint density at radius 1 is 1.12 bits per heavy atom. The minimum atomic E-state index is -0.742. The Kier molecular flexibility index (Phi) is 6.32. The zero-order chi connectivity index (χ0) is 22.7. The molecule has 2 heterocycles. The molecule has 2 aliphatic heterocycles. The molecule has 1 saturated heterocycles. The maximum absolute atomic E-state index is 12.7. The van der Waals surface area contributed by atoms with E-state index in [0.717, 1.165) is 23.3 Å². The van der Waals surface area contributed by atoms with Crippen molar-refractivity contribution in [3.63, 3.8) is 0 Å². The largest absolute Gasteiger partial charge is 0.452 e. The van der Waals surface area contributed by atoms with E-state index in [0.29, 0.717) is 6.61 Å². The Bertz CT molecular complexity index is 1050. The lowest BCUT2D eigenvalue weighted by Gasteiger charge is -2.17. The van der Waals surface area contributed by atoms with Gasteiger partial charge >= 0.3 is 5.97 Å². The molecule has 0 saturated carbocycles. The fourth-order valence-electron chi connectivity index (χ4n) is 3.90. The molecule has 2 atom stereocenters. The molecule has 1 fully saturated rings. The lowest BCUT2D eigenvalue weighted by Crippen LogP contribution is -2.36. The van der Waals surface area contributed by atoms with Gasteiger partial charge in [-0.15, -0.1) is 0 Å². The van der Waals surface area contributed by atoms with Crippen LogP contribution < -0.4 is 5.32 Å². The molecule has 2 aliphatic rings. The molecule has 0 radical (unpaired) electrons. The molecule has 1 N–H and O–H groups in total. The van der Waals surface area contributed by atoms with E-state index in [2.05, 4.69) is 5.32 Å². The van der Waals surface area contributed by atoms with Crippen molar-refractivity contribution in [2.75, 3.05) is 19.8 Å². The highest BCUT2D eigenvalue weighted by atomic mass is 16.5. The Morgan fingerprint density at radius 3 is 2.59 bits per heavy atom. The second-order valence-electron chi connectivity index (χ2n) is 7.89. The van der Waals surface area contributed by atoms with Gasteiger partial charge in [-0.05, 0) is 43.5 Å². The van der Waals surface area contributed by atoms with Gasteiger partial charge in [0.15, 0.2) is 6.61 Å². The third kappa shape index (κ3) is 4.55. The predicted molar refractivity (Wildman–Crippen MR) is 114 cm³/mol. The Balaban J connectivity index is 1.35. The molecule has 8 heteroatoms. The number of carbonyl (C=O) groups is 4. The number of nitrogens with one attached hydrogen (secondary N) is 1. The molecule has 2 aromatic rings. The van der Waals surface area contributed by atoms with Gasteiger partial charge in [-0.3, -0.25) is 19.3 Å². The van der Waals surface area contributed by atoms with E-state index in [4.69, 9.17) is 9.47 Å². The van der Waals surface area contributed by atoms with E-state index in [-0.39, 0.29) is 35.4 Å². The number of rotatable bonds is 7. The van der Waals surface area contributed by atoms with E-state index in [1.54, 1.807) is 0 Å². The Morgan fingerprint density at radius 2 is 1.88 bits per heavy atom. The second-order valence-corrected chi connectivity index (χ2v) is 7.89. The molecule has 3 amide bonds. The summed E-state index contributed by atoms with van der Waals surface area (Å²) >= 11 is 0. The van der Waals surface area contributed by atoms with Crippen LogP contribution in [0.25, 0.3) is 0 Å². The molecular formula is C24H24N2O6. The summed E-state index contributed by atoms with van der Waals surface area (Å²) < 4.78 is 10.6. The average Bonchev–Trinajstić information content (AvgIpc) is 3.41. The topological polar surface area (TPSA) is 102 Å². The molecule has 166 valence electrons. The summed E-state index contributed by atoms with van der Waals surface area (Å²) in [4.78, 5) is 51.0. The third-order valence-electron chi connectivity index (χ3n) is 5.63. The summed E-state index contributed by atoms with van der Waals surface area (Å²) in [5, 5.41) is 2.76. The lowest BCUT2D eigenvalue weighted by molar-refractivity contribution is -0.124. The molecule has 32 heavy (non-hydrogen) atoms. The van der Waals surface area contributed by atoms with Gasteiger partial charge in [-0.25, -0.2) is 4.79 Å². The Hall–Kier alpha value is -3.52. The van der Waals surface area contributed by atoms with Crippen molar-refractivity contribution < 1.29 is 28.7 Å². The van der Waals surface area contributed by atoms with Gasteiger partial charge in [0.05, 0.1) is 35.4 Å². The van der Waals surface area contributed by atoms with Crippen LogP contribution in [0.3, 0.4) is 0 Å². The number of benzene rings is 2. The van der Waals surface area contributed by atoms with E-state index in [1.165, 1.54) is 18.2 Å². The smallest absolute Gasteiger partial charge is 0.338 e. The average molecular weight is 436 g/mol. The molecule has 0 spiro atoms. The third-order valence-corrected chi connectivity index (χ3v) is 5.63. The first-order chi connectivity index (χ1) is 15.4. The molecule has 4 rings (SSSR count). The van der Waals surface area contributed by atoms with Gasteiger partial charge in [-0.1, -0.05) is 30.3 Å². The van der Waals surface area contributed by atoms with Gasteiger partial charge in [0.2, 0.25) is 0 Å². The summed E-state index contributed by atoms with van der Waals surface area (Å²) in [7, 11) is 0. The minimum absolute atomic E-state index is 0.104. The first-order valence-electron chi connectivity index (χ1n) is 10.6. The van der Waals surface area contributed by atoms with Crippen LogP contribution in [0.2, 0.25) is 0 Å². The van der Waals surface area contributed by atoms with Crippen LogP contribution in [0.4, 0.5) is 0 Å². The van der Waals surface area contributed by atoms with Gasteiger partial charge < -0.3 is 14.8 Å². The summed E-state index contributed by atoms with van der Waals surface area (Å²) in [5.41, 5.74) is 1.44. The van der Waals surface area contributed by atoms with Gasteiger partial charge in [0.1, 0.15) is 0 Å². The van der Waals surface area contributed by atoms with Crippen LogP contribution in [-0.4, -0.2) is 54.5 Å². The van der Waals surface area contributed by atoms with Crippen molar-refractivity contribution in [3.8, 4) is 0 Å². The van der Waals surface area contributed by atoms with Crippen molar-refractivity contribution >= 4 is 23.7 Å². The fraction of sp³-hybridized carbons (Fsp3) is 0.333. The number of ether oxygens (including phenoxy) is 2. The number of imide groups is 1. The molecule has 0 bridgehead atoms. The van der Waals surface area contributed by atoms with Crippen LogP contribution in [0.15, 0.2) is 48.5 Å². The number of esters is 1. The zero-order valence-electron chi connectivity index (χ0n) is 17.7. The maximum Gasteiger partial charge on any atom is 0.338 e. The van der Waals surface area contributed by atoms with Crippen molar-refractivity contribution in [2.24, 2.45) is 0 Å². The number of hydrogen-bond acceptors (Lipinski definition) is 6. The molecule has 2 aromatic carbocycles. The maximum atomic E-state index is 12.7. The van der Waals surface area contributed by atoms with Gasteiger partial charge in [0.25, 0.3) is 17.7 Å². The van der Waals surface area contributed by atoms with E-state index in [9.17, 15) is 19.2 Å². The van der Waals surface area contributed by atoms with Crippen molar-refractivity contribution in [3.05, 3.63) is 70.8 Å². The highest BCUT2D eigenvalue weighted by molar-refractivity contribution is 6.22. The summed E-state index contributed by atoms with van der Waals surface area (Å²) in [5.74, 6) is -2.03. The predicted octanol–water partition coefficient (Wildman–Crippen LogP) is 2.50. The minimum Gasteiger partial charge on any atom is -0.452 e. The van der Waals surface area contributed by atoms with Crippen molar-refractivity contribution in [1.82, 2.24) is 10.2 Å². The van der Waals surface area contributed by atoms with E-state index in [1.807, 2.05) is 37.3 Å². The normalized spacial score (nSPS) is 18.4. The quantitative estimate of drug-likeness (QED) is 0.529. The molecule has 0 aromatic heterocycles. The molecular weight excluding hydrogens is 412 g/mol. The molecule has 0 unspecified atom stereocenters. The first-order valence-corrected chi connectivity index (χ1v) is 10.6. The summed E-state index contributed by atoms with van der Waals surface area (Å²) in [6, 6.07) is 13.4. The molecule has 8 nitrogen and oxygen atoms in total. The van der Waals surface area contributed by atoms with Crippen LogP contribution >= 0.6 is 0 Å². The van der Waals surface area contributed by atoms with Crippen molar-refractivity contribution in [2.45, 2.75) is 31.9 Å². The number of amides is 3. The fourth-order valence-corrected chi connectivity index (χ4v) is 3.90. The van der Waals surface area contributed by atoms with E-state index >= 15 is 0 Å². The monoisotopic (exact) mass is 436 g/mol. The number of carbonyl (C=O) groups excluding carboxylic acids is 4. The second kappa shape index (κ2) is 9.32. The van der Waals surface area contributed by atoms with Crippen molar-refractivity contribution in [1.29, 1.82) is 0 Å². The van der Waals surface area contributed by atoms with Gasteiger partial charge in [0, 0.05) is 6.61 Å². The summed E-state index contributed by atoms with van der Waals surface area (Å²) in [6.07, 6.45) is 1.55. The number of hydrogen-bond donors (Lipinski definition) is 1. The number of fused-ring (bicyclic) bond motifs is 1. The highest BCUT2D eigenvalue weighted by Gasteiger charge is 2.38. The van der Waals surface area contributed by atoms with Crippen LogP contribution in [0.1, 0.15) is 62.4 Å². The van der Waals surface area contributed by atoms with Crippen LogP contribution in [-0.2, 0) is 14.3 Å². The highest BCUT2D eigenvalue weighted by Crippen LogP contribution is 2.26. The van der Waals surface area contributed by atoms with Crippen LogP contribution in [0.5, 0.6) is 0 Å². The van der Waals surface area contributed by atoms with Crippen LogP contribution in [0, 0.1) is 0 Å². The number of nitrogens with zero attached hydrogens (tertiary/aromatic N) is 1. The lowest BCUT2D eigenvalue weighted by atomic mass is 10.1. The first kappa shape index (κ1) is 21.7. The van der Waals surface area contributed by atoms with E-state index < -0.39 is 30.3 Å².